The number of rotatable bonds is 15. The van der Waals surface area contributed by atoms with E-state index >= 15 is 0 Å². The second-order valence-electron chi connectivity index (χ2n) is 8.24. The first kappa shape index (κ1) is 24.8. The predicted octanol–water partition coefficient (Wildman–Crippen LogP) is 2.24. The third-order valence-corrected chi connectivity index (χ3v) is 4.03. The Labute approximate surface area is 154 Å². The summed E-state index contributed by atoms with van der Waals surface area (Å²) >= 11 is 0. The van der Waals surface area contributed by atoms with E-state index in [1.165, 1.54) is 0 Å². The molecule has 0 aromatic rings. The van der Waals surface area contributed by atoms with Gasteiger partial charge in [0.1, 0.15) is 0 Å². The van der Waals surface area contributed by atoms with Gasteiger partial charge < -0.3 is 25.0 Å². The van der Waals surface area contributed by atoms with Gasteiger partial charge in [0.25, 0.3) is 0 Å². The van der Waals surface area contributed by atoms with E-state index in [0.29, 0.717) is 19.2 Å². The highest BCUT2D eigenvalue weighted by atomic mass is 16.6. The Kier molecular flexibility index (Phi) is 13.8. The molecule has 4 unspecified atom stereocenters. The molecule has 4 N–H and O–H groups in total. The normalized spacial score (nSPS) is 17.3. The molecule has 0 bridgehead atoms. The fourth-order valence-electron chi connectivity index (χ4n) is 2.65. The van der Waals surface area contributed by atoms with Gasteiger partial charge in [0, 0.05) is 13.2 Å². The summed E-state index contributed by atoms with van der Waals surface area (Å²) in [5, 5.41) is 25.7. The molecule has 0 saturated heterocycles. The third kappa shape index (κ3) is 17.0. The maximum Gasteiger partial charge on any atom is 0.213 e. The minimum absolute atomic E-state index is 0.0292. The molecule has 4 atom stereocenters. The fourth-order valence-corrected chi connectivity index (χ4v) is 2.65. The Hall–Kier alpha value is -0.240. The van der Waals surface area contributed by atoms with Crippen LogP contribution in [0.15, 0.2) is 0 Å². The van der Waals surface area contributed by atoms with Gasteiger partial charge in [-0.15, -0.1) is 0 Å². The Balaban J connectivity index is 3.99. The van der Waals surface area contributed by atoms with Gasteiger partial charge >= 0.3 is 0 Å². The highest BCUT2D eigenvalue weighted by Crippen LogP contribution is 2.22. The Morgan fingerprint density at radius 3 is 2.12 bits per heavy atom. The molecule has 6 nitrogen and oxygen atoms in total. The van der Waals surface area contributed by atoms with Crippen LogP contribution in [0.3, 0.4) is 0 Å². The minimum atomic E-state index is -0.947. The summed E-state index contributed by atoms with van der Waals surface area (Å²) in [5.74, 6) is 0. The molecule has 0 fully saturated rings. The average molecular weight is 363 g/mol. The second-order valence-corrected chi connectivity index (χ2v) is 8.24. The van der Waals surface area contributed by atoms with Crippen molar-refractivity contribution in [2.75, 3.05) is 26.8 Å². The van der Waals surface area contributed by atoms with Crippen LogP contribution >= 0.6 is 0 Å². The predicted molar refractivity (Wildman–Crippen MR) is 102 cm³/mol. The molecule has 152 valence electrons. The summed E-state index contributed by atoms with van der Waals surface area (Å²) in [6.45, 7) is 12.5. The molecule has 0 aliphatic carbocycles. The van der Waals surface area contributed by atoms with E-state index in [1.807, 2.05) is 13.8 Å². The summed E-state index contributed by atoms with van der Waals surface area (Å²) in [5.41, 5.74) is 0.272. The van der Waals surface area contributed by atoms with Gasteiger partial charge in [-0.3, -0.25) is 5.32 Å². The number of ether oxygens (including phenoxy) is 2. The zero-order valence-electron chi connectivity index (χ0n) is 17.2. The van der Waals surface area contributed by atoms with Gasteiger partial charge in [0.2, 0.25) is 6.41 Å². The maximum atomic E-state index is 9.74. The van der Waals surface area contributed by atoms with E-state index in [1.54, 1.807) is 7.11 Å². The third-order valence-electron chi connectivity index (χ3n) is 4.03. The van der Waals surface area contributed by atoms with E-state index < -0.39 is 6.41 Å². The molecule has 0 heterocycles. The smallest absolute Gasteiger partial charge is 0.213 e. The van der Waals surface area contributed by atoms with Crippen molar-refractivity contribution in [2.45, 2.75) is 91.4 Å². The van der Waals surface area contributed by atoms with Crippen molar-refractivity contribution in [1.82, 2.24) is 10.6 Å². The molecule has 0 aliphatic rings. The molecule has 25 heavy (non-hydrogen) atoms. The van der Waals surface area contributed by atoms with Crippen molar-refractivity contribution in [3.63, 3.8) is 0 Å². The topological polar surface area (TPSA) is 83.0 Å². The van der Waals surface area contributed by atoms with Crippen LogP contribution in [0.5, 0.6) is 0 Å². The molecule has 0 rings (SSSR count). The van der Waals surface area contributed by atoms with Crippen LogP contribution in [-0.4, -0.2) is 61.7 Å². The number of hydrogen-bond donors (Lipinski definition) is 4. The van der Waals surface area contributed by atoms with Crippen molar-refractivity contribution >= 4 is 0 Å². The molecule has 0 spiro atoms. The number of aliphatic hydroxyl groups excluding tert-OH is 2. The Morgan fingerprint density at radius 1 is 0.960 bits per heavy atom. The Morgan fingerprint density at radius 2 is 1.56 bits per heavy atom. The number of hydrogen-bond acceptors (Lipinski definition) is 6. The SMILES string of the molecule is COC(C)COC(O)NCCCC(CC(C)(C)C)NCCCC(C)O. The monoisotopic (exact) mass is 362 g/mol. The zero-order chi connectivity index (χ0) is 19.3. The van der Waals surface area contributed by atoms with E-state index in [2.05, 4.69) is 31.4 Å². The van der Waals surface area contributed by atoms with Crippen molar-refractivity contribution in [1.29, 1.82) is 0 Å². The highest BCUT2D eigenvalue weighted by molar-refractivity contribution is 4.75. The minimum Gasteiger partial charge on any atom is -0.393 e. The summed E-state index contributed by atoms with van der Waals surface area (Å²) in [6.07, 6.45) is 3.72. The zero-order valence-corrected chi connectivity index (χ0v) is 17.2. The number of aliphatic hydroxyl groups is 2. The maximum absolute atomic E-state index is 9.74. The first-order chi connectivity index (χ1) is 11.6. The standard InChI is InChI=1S/C19H42N2O4/c1-15(22)9-7-11-20-17(13-19(3,4)5)10-8-12-21-18(23)25-14-16(2)24-6/h15-18,20-23H,7-14H2,1-6H3. The summed E-state index contributed by atoms with van der Waals surface area (Å²) in [7, 11) is 1.62. The van der Waals surface area contributed by atoms with Crippen LogP contribution in [0, 0.1) is 5.41 Å². The van der Waals surface area contributed by atoms with Gasteiger partial charge in [-0.2, -0.15) is 0 Å². The summed E-state index contributed by atoms with van der Waals surface area (Å²) < 4.78 is 10.3. The largest absolute Gasteiger partial charge is 0.393 e. The van der Waals surface area contributed by atoms with Crippen LogP contribution in [0.4, 0.5) is 0 Å². The van der Waals surface area contributed by atoms with Crippen molar-refractivity contribution in [3.8, 4) is 0 Å². The molecule has 0 radical (unpaired) electrons. The van der Waals surface area contributed by atoms with Gasteiger partial charge in [0.15, 0.2) is 0 Å². The van der Waals surface area contributed by atoms with Crippen LogP contribution in [0.2, 0.25) is 0 Å². The molecule has 0 aliphatic heterocycles. The lowest BCUT2D eigenvalue weighted by Crippen LogP contribution is -2.37. The molecular formula is C19H42N2O4. The lowest BCUT2D eigenvalue weighted by atomic mass is 9.86. The van der Waals surface area contributed by atoms with Crippen molar-refractivity contribution in [2.24, 2.45) is 5.41 Å². The molecule has 0 aromatic heterocycles. The van der Waals surface area contributed by atoms with E-state index in [-0.39, 0.29) is 17.6 Å². The van der Waals surface area contributed by atoms with Gasteiger partial charge in [0.05, 0.1) is 18.8 Å². The van der Waals surface area contributed by atoms with Crippen molar-refractivity contribution in [3.05, 3.63) is 0 Å². The molecule has 0 saturated carbocycles. The molecular weight excluding hydrogens is 320 g/mol. The molecule has 0 aromatic carbocycles. The van der Waals surface area contributed by atoms with E-state index in [9.17, 15) is 10.2 Å². The summed E-state index contributed by atoms with van der Waals surface area (Å²) in [6, 6.07) is 0.447. The van der Waals surface area contributed by atoms with E-state index in [4.69, 9.17) is 9.47 Å². The molecule has 6 heteroatoms. The van der Waals surface area contributed by atoms with Crippen LogP contribution < -0.4 is 10.6 Å². The highest BCUT2D eigenvalue weighted by Gasteiger charge is 2.18. The Bertz CT molecular complexity index is 308. The average Bonchev–Trinajstić information content (AvgIpc) is 2.51. The van der Waals surface area contributed by atoms with Crippen LogP contribution in [-0.2, 0) is 9.47 Å². The van der Waals surface area contributed by atoms with E-state index in [0.717, 1.165) is 38.6 Å². The van der Waals surface area contributed by atoms with Gasteiger partial charge in [-0.05, 0) is 64.5 Å². The molecule has 0 amide bonds. The van der Waals surface area contributed by atoms with Gasteiger partial charge in [-0.25, -0.2) is 0 Å². The van der Waals surface area contributed by atoms with Crippen molar-refractivity contribution < 1.29 is 19.7 Å². The van der Waals surface area contributed by atoms with Crippen LogP contribution in [0.25, 0.3) is 0 Å². The summed E-state index contributed by atoms with van der Waals surface area (Å²) in [4.78, 5) is 0. The quantitative estimate of drug-likeness (QED) is 0.264. The van der Waals surface area contributed by atoms with Gasteiger partial charge in [-0.1, -0.05) is 20.8 Å². The number of nitrogens with one attached hydrogen (secondary N) is 2. The first-order valence-electron chi connectivity index (χ1n) is 9.61. The lowest BCUT2D eigenvalue weighted by Gasteiger charge is -2.27. The lowest BCUT2D eigenvalue weighted by molar-refractivity contribution is -0.140. The fraction of sp³-hybridized carbons (Fsp3) is 1.00. The second kappa shape index (κ2) is 13.9. The number of methoxy groups -OCH3 is 1. The first-order valence-corrected chi connectivity index (χ1v) is 9.61. The van der Waals surface area contributed by atoms with Crippen LogP contribution in [0.1, 0.15) is 66.7 Å².